The normalized spacial score (nSPS) is 21.8. The lowest BCUT2D eigenvalue weighted by atomic mass is 10.2. The number of likely N-dealkylation sites (N-methyl/N-ethyl adjacent to an activating group) is 1. The molecule has 0 aromatic carbocycles. The van der Waals surface area contributed by atoms with Crippen molar-refractivity contribution < 1.29 is 0 Å². The molecule has 2 rings (SSSR count). The van der Waals surface area contributed by atoms with E-state index in [1.54, 1.807) is 12.4 Å². The Morgan fingerprint density at radius 2 is 2.12 bits per heavy atom. The predicted octanol–water partition coefficient (Wildman–Crippen LogP) is 0.466. The van der Waals surface area contributed by atoms with Crippen LogP contribution in [0.3, 0.4) is 0 Å². The van der Waals surface area contributed by atoms with Crippen molar-refractivity contribution in [2.75, 3.05) is 31.1 Å². The second kappa shape index (κ2) is 5.42. The van der Waals surface area contributed by atoms with Crippen LogP contribution in [0.25, 0.3) is 0 Å². The number of rotatable bonds is 3. The highest BCUT2D eigenvalue weighted by Gasteiger charge is 2.24. The highest BCUT2D eigenvalue weighted by molar-refractivity contribution is 5.43. The number of hydrogen-bond donors (Lipinski definition) is 1. The van der Waals surface area contributed by atoms with E-state index in [0.29, 0.717) is 12.6 Å². The summed E-state index contributed by atoms with van der Waals surface area (Å²) in [6, 6.07) is 0.557. The van der Waals surface area contributed by atoms with Crippen LogP contribution in [0.4, 0.5) is 5.82 Å². The van der Waals surface area contributed by atoms with Crippen LogP contribution in [0.15, 0.2) is 12.4 Å². The van der Waals surface area contributed by atoms with Crippen molar-refractivity contribution in [3.05, 3.63) is 18.1 Å². The van der Waals surface area contributed by atoms with Gasteiger partial charge in [0.1, 0.15) is 0 Å². The van der Waals surface area contributed by atoms with Gasteiger partial charge in [0.25, 0.3) is 0 Å². The molecule has 0 saturated carbocycles. The number of hydrogen-bond acceptors (Lipinski definition) is 5. The Morgan fingerprint density at radius 1 is 1.35 bits per heavy atom. The minimum Gasteiger partial charge on any atom is -0.352 e. The minimum atomic E-state index is 0.450. The fourth-order valence-electron chi connectivity index (χ4n) is 2.43. The smallest absolute Gasteiger partial charge is 0.151 e. The maximum Gasteiger partial charge on any atom is 0.151 e. The molecule has 0 radical (unpaired) electrons. The second-order valence-electron chi connectivity index (χ2n) is 4.45. The molecule has 1 atom stereocenters. The van der Waals surface area contributed by atoms with Gasteiger partial charge in [0.15, 0.2) is 5.82 Å². The van der Waals surface area contributed by atoms with E-state index in [0.717, 1.165) is 37.7 Å². The van der Waals surface area contributed by atoms with Crippen molar-refractivity contribution in [3.8, 4) is 0 Å². The monoisotopic (exact) mass is 235 g/mol. The summed E-state index contributed by atoms with van der Waals surface area (Å²) in [4.78, 5) is 13.5. The second-order valence-corrected chi connectivity index (χ2v) is 4.45. The molecule has 17 heavy (non-hydrogen) atoms. The summed E-state index contributed by atoms with van der Waals surface area (Å²) in [6.07, 6.45) is 3.45. The van der Waals surface area contributed by atoms with Gasteiger partial charge in [-0.3, -0.25) is 9.88 Å². The molecule has 0 amide bonds. The van der Waals surface area contributed by atoms with E-state index >= 15 is 0 Å². The lowest BCUT2D eigenvalue weighted by molar-refractivity contribution is 0.199. The third-order valence-electron chi connectivity index (χ3n) is 3.42. The Labute approximate surface area is 103 Å². The Balaban J connectivity index is 2.13. The summed E-state index contributed by atoms with van der Waals surface area (Å²) in [6.45, 7) is 9.11. The molecule has 0 spiro atoms. The number of anilines is 1. The third kappa shape index (κ3) is 2.56. The first-order valence-electron chi connectivity index (χ1n) is 6.25. The number of aromatic nitrogens is 2. The Kier molecular flexibility index (Phi) is 3.91. The molecule has 1 unspecified atom stereocenters. The Bertz CT molecular complexity index is 368. The highest BCUT2D eigenvalue weighted by atomic mass is 15.3. The van der Waals surface area contributed by atoms with Gasteiger partial charge in [-0.15, -0.1) is 0 Å². The summed E-state index contributed by atoms with van der Waals surface area (Å²) in [7, 11) is 0. The van der Waals surface area contributed by atoms with Crippen LogP contribution in [-0.2, 0) is 6.54 Å². The van der Waals surface area contributed by atoms with Gasteiger partial charge in [-0.2, -0.15) is 0 Å². The van der Waals surface area contributed by atoms with Crippen molar-refractivity contribution in [1.82, 2.24) is 14.9 Å². The Morgan fingerprint density at radius 3 is 2.76 bits per heavy atom. The fourth-order valence-corrected chi connectivity index (χ4v) is 2.43. The average molecular weight is 235 g/mol. The first-order chi connectivity index (χ1) is 8.26. The lowest BCUT2D eigenvalue weighted by Gasteiger charge is -2.40. The molecular formula is C12H21N5. The molecule has 2 heterocycles. The van der Waals surface area contributed by atoms with Crippen LogP contribution < -0.4 is 10.6 Å². The summed E-state index contributed by atoms with van der Waals surface area (Å²) in [5.74, 6) is 0.956. The first kappa shape index (κ1) is 12.3. The fraction of sp³-hybridized carbons (Fsp3) is 0.667. The van der Waals surface area contributed by atoms with E-state index in [9.17, 15) is 0 Å². The number of nitrogens with two attached hydrogens (primary N) is 1. The summed E-state index contributed by atoms with van der Waals surface area (Å²) < 4.78 is 0. The van der Waals surface area contributed by atoms with Gasteiger partial charge >= 0.3 is 0 Å². The van der Waals surface area contributed by atoms with Crippen molar-refractivity contribution in [3.63, 3.8) is 0 Å². The van der Waals surface area contributed by atoms with Crippen molar-refractivity contribution in [2.45, 2.75) is 26.4 Å². The summed E-state index contributed by atoms with van der Waals surface area (Å²) in [5.41, 5.74) is 6.60. The molecule has 5 nitrogen and oxygen atoms in total. The zero-order valence-corrected chi connectivity index (χ0v) is 10.6. The molecule has 1 fully saturated rings. The topological polar surface area (TPSA) is 58.3 Å². The minimum absolute atomic E-state index is 0.450. The van der Waals surface area contributed by atoms with Gasteiger partial charge in [0, 0.05) is 44.6 Å². The van der Waals surface area contributed by atoms with Gasteiger partial charge in [0.2, 0.25) is 0 Å². The van der Waals surface area contributed by atoms with Crippen LogP contribution in [0.2, 0.25) is 0 Å². The van der Waals surface area contributed by atoms with Crippen LogP contribution in [-0.4, -0.2) is 47.1 Å². The molecule has 94 valence electrons. The molecule has 2 N–H and O–H groups in total. The number of piperazine rings is 1. The van der Waals surface area contributed by atoms with Gasteiger partial charge in [-0.05, 0) is 13.5 Å². The van der Waals surface area contributed by atoms with Gasteiger partial charge < -0.3 is 10.6 Å². The van der Waals surface area contributed by atoms with Crippen molar-refractivity contribution in [2.24, 2.45) is 5.73 Å². The van der Waals surface area contributed by atoms with E-state index in [4.69, 9.17) is 5.73 Å². The van der Waals surface area contributed by atoms with E-state index in [-0.39, 0.29) is 0 Å². The average Bonchev–Trinajstić information content (AvgIpc) is 2.38. The zero-order valence-electron chi connectivity index (χ0n) is 10.6. The molecule has 1 aromatic heterocycles. The number of nitrogens with zero attached hydrogens (tertiary/aromatic N) is 4. The molecule has 0 bridgehead atoms. The van der Waals surface area contributed by atoms with Gasteiger partial charge in [-0.25, -0.2) is 4.98 Å². The molecule has 1 saturated heterocycles. The molecule has 5 heteroatoms. The van der Waals surface area contributed by atoms with E-state index in [2.05, 4.69) is 33.6 Å². The van der Waals surface area contributed by atoms with Crippen molar-refractivity contribution >= 4 is 5.82 Å². The van der Waals surface area contributed by atoms with Crippen LogP contribution >= 0.6 is 0 Å². The third-order valence-corrected chi connectivity index (χ3v) is 3.42. The van der Waals surface area contributed by atoms with Gasteiger partial charge in [-0.1, -0.05) is 6.92 Å². The maximum absolute atomic E-state index is 5.71. The Hall–Kier alpha value is -1.20. The maximum atomic E-state index is 5.71. The summed E-state index contributed by atoms with van der Waals surface area (Å²) >= 11 is 0. The SMILES string of the molecule is CCN1CCN(c2nccnc2CN)CC1C. The first-order valence-corrected chi connectivity index (χ1v) is 6.25. The quantitative estimate of drug-likeness (QED) is 0.825. The largest absolute Gasteiger partial charge is 0.352 e. The molecule has 0 aliphatic carbocycles. The molecule has 1 aliphatic rings. The standard InChI is InChI=1S/C12H21N5/c1-3-16-6-7-17(9-10(16)2)12-11(8-13)14-4-5-15-12/h4-5,10H,3,6-9,13H2,1-2H3. The van der Waals surface area contributed by atoms with E-state index in [1.165, 1.54) is 0 Å². The molecule has 1 aromatic rings. The van der Waals surface area contributed by atoms with E-state index in [1.807, 2.05) is 0 Å². The highest BCUT2D eigenvalue weighted by Crippen LogP contribution is 2.19. The van der Waals surface area contributed by atoms with Crippen LogP contribution in [0.5, 0.6) is 0 Å². The van der Waals surface area contributed by atoms with Gasteiger partial charge in [0.05, 0.1) is 5.69 Å². The van der Waals surface area contributed by atoms with Crippen LogP contribution in [0.1, 0.15) is 19.5 Å². The van der Waals surface area contributed by atoms with E-state index < -0.39 is 0 Å². The summed E-state index contributed by atoms with van der Waals surface area (Å²) in [5, 5.41) is 0. The molecular weight excluding hydrogens is 214 g/mol. The predicted molar refractivity (Wildman–Crippen MR) is 68.8 cm³/mol. The lowest BCUT2D eigenvalue weighted by Crippen LogP contribution is -2.52. The molecule has 1 aliphatic heterocycles. The van der Waals surface area contributed by atoms with Crippen molar-refractivity contribution in [1.29, 1.82) is 0 Å². The van der Waals surface area contributed by atoms with Crippen LogP contribution in [0, 0.1) is 0 Å². The zero-order chi connectivity index (χ0) is 12.3.